The van der Waals surface area contributed by atoms with Crippen molar-refractivity contribution in [1.29, 1.82) is 0 Å². The fourth-order valence-corrected chi connectivity index (χ4v) is 3.44. The highest BCUT2D eigenvalue weighted by atomic mass is 32.2. The highest BCUT2D eigenvalue weighted by Crippen LogP contribution is 2.23. The predicted molar refractivity (Wildman–Crippen MR) is 71.8 cm³/mol. The number of carbonyl (C=O) groups is 1. The van der Waals surface area contributed by atoms with Gasteiger partial charge in [-0.15, -0.1) is 0 Å². The van der Waals surface area contributed by atoms with Crippen molar-refractivity contribution in [2.45, 2.75) is 24.2 Å². The molecule has 1 aromatic rings. The van der Waals surface area contributed by atoms with Crippen LogP contribution in [0.15, 0.2) is 11.1 Å². The summed E-state index contributed by atoms with van der Waals surface area (Å²) in [4.78, 5) is 13.4. The van der Waals surface area contributed by atoms with Crippen molar-refractivity contribution in [1.82, 2.24) is 15.1 Å². The number of likely N-dealkylation sites (tertiary alicyclic amines) is 1. The number of sulfone groups is 1. The van der Waals surface area contributed by atoms with E-state index in [4.69, 9.17) is 5.11 Å². The molecule has 1 fully saturated rings. The Kier molecular flexibility index (Phi) is 4.44. The van der Waals surface area contributed by atoms with Gasteiger partial charge in [-0.2, -0.15) is 5.10 Å². The monoisotopic (exact) mass is 301 g/mol. The van der Waals surface area contributed by atoms with Crippen LogP contribution < -0.4 is 0 Å². The van der Waals surface area contributed by atoms with Crippen LogP contribution in [-0.4, -0.2) is 60.5 Å². The smallest absolute Gasteiger partial charge is 0.248 e. The van der Waals surface area contributed by atoms with Gasteiger partial charge < -0.3 is 10.0 Å². The number of nitrogens with one attached hydrogen (secondary N) is 1. The van der Waals surface area contributed by atoms with E-state index in [2.05, 4.69) is 10.2 Å². The Bertz CT molecular complexity index is 581. The van der Waals surface area contributed by atoms with Gasteiger partial charge in [0.25, 0.3) is 0 Å². The lowest BCUT2D eigenvalue weighted by Gasteiger charge is -2.32. The second-order valence-corrected chi connectivity index (χ2v) is 7.18. The molecule has 20 heavy (non-hydrogen) atoms. The molecule has 1 amide bonds. The first-order chi connectivity index (χ1) is 9.41. The summed E-state index contributed by atoms with van der Waals surface area (Å²) in [5, 5.41) is 15.4. The lowest BCUT2D eigenvalue weighted by atomic mass is 9.93. The molecule has 1 saturated heterocycles. The number of aromatic amines is 1. The van der Waals surface area contributed by atoms with Crippen LogP contribution in [0.5, 0.6) is 0 Å². The Morgan fingerprint density at radius 2 is 2.35 bits per heavy atom. The normalized spacial score (nSPS) is 20.1. The fourth-order valence-electron chi connectivity index (χ4n) is 2.61. The molecule has 1 aliphatic heterocycles. The zero-order valence-electron chi connectivity index (χ0n) is 11.4. The number of carbonyl (C=O) groups excluding carboxylic acids is 1. The average Bonchev–Trinajstić information content (AvgIpc) is 2.86. The maximum atomic E-state index is 11.6. The van der Waals surface area contributed by atoms with Gasteiger partial charge in [-0.05, 0) is 25.2 Å². The van der Waals surface area contributed by atoms with Gasteiger partial charge in [-0.3, -0.25) is 9.89 Å². The van der Waals surface area contributed by atoms with Gasteiger partial charge >= 0.3 is 0 Å². The second-order valence-electron chi connectivity index (χ2n) is 5.20. The van der Waals surface area contributed by atoms with Crippen molar-refractivity contribution < 1.29 is 18.3 Å². The Morgan fingerprint density at radius 3 is 3.00 bits per heavy atom. The lowest BCUT2D eigenvalue weighted by molar-refractivity contribution is -0.136. The van der Waals surface area contributed by atoms with Crippen molar-refractivity contribution in [3.8, 4) is 0 Å². The predicted octanol–water partition coefficient (Wildman–Crippen LogP) is -0.413. The Morgan fingerprint density at radius 1 is 1.60 bits per heavy atom. The first-order valence-electron chi connectivity index (χ1n) is 6.52. The third-order valence-electron chi connectivity index (χ3n) is 3.58. The van der Waals surface area contributed by atoms with Crippen LogP contribution >= 0.6 is 0 Å². The number of piperidine rings is 1. The largest absolute Gasteiger partial charge is 0.387 e. The molecule has 0 bridgehead atoms. The highest BCUT2D eigenvalue weighted by molar-refractivity contribution is 7.90. The molecule has 1 aromatic heterocycles. The van der Waals surface area contributed by atoms with Gasteiger partial charge in [0.05, 0.1) is 11.9 Å². The molecule has 1 atom stereocenters. The number of aromatic nitrogens is 2. The minimum absolute atomic E-state index is 0.181. The molecule has 0 saturated carbocycles. The van der Waals surface area contributed by atoms with Gasteiger partial charge in [0.2, 0.25) is 5.91 Å². The standard InChI is InChI=1S/C12H19N3O4S/c1-20(18,19)11-6-13-14-10(11)5-9-3-2-4-15(7-9)12(17)8-16/h6,9,16H,2-5,7-8H2,1H3,(H,13,14)/t9-/m1/s1. The molecule has 0 radical (unpaired) electrons. The quantitative estimate of drug-likeness (QED) is 0.786. The zero-order chi connectivity index (χ0) is 14.8. The van der Waals surface area contributed by atoms with E-state index in [9.17, 15) is 13.2 Å². The molecule has 1 aliphatic rings. The third-order valence-corrected chi connectivity index (χ3v) is 4.73. The van der Waals surface area contributed by atoms with Crippen LogP contribution in [-0.2, 0) is 21.1 Å². The third kappa shape index (κ3) is 3.37. The van der Waals surface area contributed by atoms with Gasteiger partial charge in [0.15, 0.2) is 9.84 Å². The van der Waals surface area contributed by atoms with Crippen LogP contribution in [0.4, 0.5) is 0 Å². The summed E-state index contributed by atoms with van der Waals surface area (Å²) in [7, 11) is -3.29. The van der Waals surface area contributed by atoms with Gasteiger partial charge in [-0.25, -0.2) is 8.42 Å². The number of aliphatic hydroxyl groups excluding tert-OH is 1. The van der Waals surface area contributed by atoms with Gasteiger partial charge in [0.1, 0.15) is 11.5 Å². The highest BCUT2D eigenvalue weighted by Gasteiger charge is 2.25. The van der Waals surface area contributed by atoms with Crippen molar-refractivity contribution in [2.75, 3.05) is 26.0 Å². The Hall–Kier alpha value is -1.41. The average molecular weight is 301 g/mol. The number of aliphatic hydroxyl groups is 1. The first-order valence-corrected chi connectivity index (χ1v) is 8.42. The summed E-state index contributed by atoms with van der Waals surface area (Å²) in [6.45, 7) is 0.713. The van der Waals surface area contributed by atoms with E-state index < -0.39 is 16.4 Å². The summed E-state index contributed by atoms with van der Waals surface area (Å²) >= 11 is 0. The van der Waals surface area contributed by atoms with E-state index in [0.717, 1.165) is 19.1 Å². The first kappa shape index (κ1) is 15.0. The number of hydrogen-bond acceptors (Lipinski definition) is 5. The maximum Gasteiger partial charge on any atom is 0.248 e. The van der Waals surface area contributed by atoms with E-state index in [-0.39, 0.29) is 16.7 Å². The number of nitrogens with zero attached hydrogens (tertiary/aromatic N) is 2. The molecule has 0 spiro atoms. The Labute approximate surface area is 117 Å². The van der Waals surface area contributed by atoms with Gasteiger partial charge in [0, 0.05) is 19.3 Å². The molecule has 0 aromatic carbocycles. The molecule has 112 valence electrons. The molecular weight excluding hydrogens is 282 g/mol. The number of amides is 1. The molecule has 8 heteroatoms. The van der Waals surface area contributed by atoms with Crippen LogP contribution in [0.2, 0.25) is 0 Å². The number of hydrogen-bond donors (Lipinski definition) is 2. The van der Waals surface area contributed by atoms with Crippen LogP contribution in [0, 0.1) is 5.92 Å². The van der Waals surface area contributed by atoms with E-state index in [1.807, 2.05) is 0 Å². The van der Waals surface area contributed by atoms with Crippen LogP contribution in [0.25, 0.3) is 0 Å². The van der Waals surface area contributed by atoms with Gasteiger partial charge in [-0.1, -0.05) is 0 Å². The van der Waals surface area contributed by atoms with E-state index in [0.29, 0.717) is 25.2 Å². The molecule has 7 nitrogen and oxygen atoms in total. The van der Waals surface area contributed by atoms with Crippen molar-refractivity contribution in [3.63, 3.8) is 0 Å². The molecule has 2 rings (SSSR count). The maximum absolute atomic E-state index is 11.6. The molecule has 0 aliphatic carbocycles. The fraction of sp³-hybridized carbons (Fsp3) is 0.667. The molecule has 2 N–H and O–H groups in total. The SMILES string of the molecule is CS(=O)(=O)c1cn[nH]c1C[C@H]1CCCN(C(=O)CO)C1. The van der Waals surface area contributed by atoms with Crippen molar-refractivity contribution >= 4 is 15.7 Å². The molecule has 0 unspecified atom stereocenters. The Balaban J connectivity index is 2.07. The topological polar surface area (TPSA) is 103 Å². The summed E-state index contributed by atoms with van der Waals surface area (Å²) in [5.41, 5.74) is 0.593. The number of H-pyrrole nitrogens is 1. The summed E-state index contributed by atoms with van der Waals surface area (Å²) in [5.74, 6) is -0.0946. The molecular formula is C12H19N3O4S. The molecule has 2 heterocycles. The van der Waals surface area contributed by atoms with E-state index in [1.165, 1.54) is 6.20 Å². The minimum atomic E-state index is -3.29. The van der Waals surface area contributed by atoms with Crippen molar-refractivity contribution in [2.24, 2.45) is 5.92 Å². The zero-order valence-corrected chi connectivity index (χ0v) is 12.2. The van der Waals surface area contributed by atoms with E-state index >= 15 is 0 Å². The van der Waals surface area contributed by atoms with Crippen molar-refractivity contribution in [3.05, 3.63) is 11.9 Å². The van der Waals surface area contributed by atoms with Crippen LogP contribution in [0.1, 0.15) is 18.5 Å². The second kappa shape index (κ2) is 5.92. The summed E-state index contributed by atoms with van der Waals surface area (Å²) < 4.78 is 23.2. The summed E-state index contributed by atoms with van der Waals surface area (Å²) in [6, 6.07) is 0. The van der Waals surface area contributed by atoms with Crippen LogP contribution in [0.3, 0.4) is 0 Å². The number of rotatable bonds is 4. The lowest BCUT2D eigenvalue weighted by Crippen LogP contribution is -2.41. The summed E-state index contributed by atoms with van der Waals surface area (Å²) in [6.07, 6.45) is 4.81. The van der Waals surface area contributed by atoms with E-state index in [1.54, 1.807) is 4.90 Å². The minimum Gasteiger partial charge on any atom is -0.387 e.